The molecule has 0 radical (unpaired) electrons. The van der Waals surface area contributed by atoms with Crippen molar-refractivity contribution in [3.8, 4) is 0 Å². The first-order valence-electron chi connectivity index (χ1n) is 21.3. The van der Waals surface area contributed by atoms with E-state index in [4.69, 9.17) is 9.47 Å². The number of ether oxygens (including phenoxy) is 2. The van der Waals surface area contributed by atoms with Gasteiger partial charge in [0.1, 0.15) is 13.2 Å². The minimum absolute atomic E-state index is 0. The number of esters is 2. The van der Waals surface area contributed by atoms with Crippen molar-refractivity contribution < 1.29 is 36.0 Å². The van der Waals surface area contributed by atoms with Gasteiger partial charge in [-0.05, 0) is 64.2 Å². The number of carbonyl (C=O) groups is 2. The van der Waals surface area contributed by atoms with Gasteiger partial charge in [-0.1, -0.05) is 141 Å². The van der Waals surface area contributed by atoms with E-state index in [1.54, 1.807) is 0 Å². The summed E-state index contributed by atoms with van der Waals surface area (Å²) >= 11 is 0. The van der Waals surface area contributed by atoms with Crippen LogP contribution in [-0.2, 0) is 19.1 Å². The molecule has 0 amide bonds. The van der Waals surface area contributed by atoms with E-state index in [2.05, 4.69) is 52.2 Å². The normalized spacial score (nSPS) is 17.0. The average Bonchev–Trinajstić information content (AvgIpc) is 3.39. The first-order valence-corrected chi connectivity index (χ1v) is 21.3. The number of unbranched alkanes of at least 4 members (excludes halogenated alkanes) is 22. The summed E-state index contributed by atoms with van der Waals surface area (Å²) in [5.41, 5.74) is 0. The lowest BCUT2D eigenvalue weighted by atomic mass is 9.98. The zero-order chi connectivity index (χ0) is 35.7. The van der Waals surface area contributed by atoms with Gasteiger partial charge in [0.05, 0.1) is 39.0 Å². The molecule has 6 heteroatoms. The molecule has 294 valence electrons. The zero-order valence-electron chi connectivity index (χ0n) is 33.5. The van der Waals surface area contributed by atoms with Gasteiger partial charge in [0.2, 0.25) is 0 Å². The van der Waals surface area contributed by atoms with Gasteiger partial charge in [-0.15, -0.1) is 0 Å². The molecule has 50 heavy (non-hydrogen) atoms. The predicted molar refractivity (Wildman–Crippen MR) is 210 cm³/mol. The van der Waals surface area contributed by atoms with Crippen LogP contribution in [0.15, 0.2) is 24.3 Å². The van der Waals surface area contributed by atoms with Crippen molar-refractivity contribution >= 4 is 11.9 Å². The highest BCUT2D eigenvalue weighted by atomic mass is 35.5. The maximum absolute atomic E-state index is 12.5. The second-order valence-corrected chi connectivity index (χ2v) is 15.9. The number of halogens is 1. The average molecular weight is 725 g/mol. The lowest BCUT2D eigenvalue weighted by Gasteiger charge is -2.23. The maximum Gasteiger partial charge on any atom is 0.305 e. The Morgan fingerprint density at radius 2 is 0.760 bits per heavy atom. The molecule has 0 aromatic heterocycles. The van der Waals surface area contributed by atoms with Crippen LogP contribution in [0.25, 0.3) is 0 Å². The molecule has 0 N–H and O–H groups in total. The van der Waals surface area contributed by atoms with Crippen molar-refractivity contribution in [1.29, 1.82) is 0 Å². The minimum atomic E-state index is -0.0743. The van der Waals surface area contributed by atoms with Gasteiger partial charge >= 0.3 is 11.9 Å². The second kappa shape index (κ2) is 34.7. The standard InChI is InChI=1S/C44H82NO4.ClH/c1-5-7-9-11-13-15-17-19-21-23-25-27-29-31-33-35-43(46)48-39-41-37-45(3,4)38-42(41)40-49-44(47)36-34-32-30-28-26-24-22-20-18-16-14-12-10-8-6-2;/h19-22,41-42H,5-18,23-40H2,1-4H3;1H/q+1;/p-1/t41-,42-;/m0./s1. The topological polar surface area (TPSA) is 52.6 Å². The van der Waals surface area contributed by atoms with Crippen LogP contribution in [0.1, 0.15) is 194 Å². The summed E-state index contributed by atoms with van der Waals surface area (Å²) < 4.78 is 12.3. The van der Waals surface area contributed by atoms with Gasteiger partial charge < -0.3 is 26.4 Å². The molecule has 0 spiro atoms. The van der Waals surface area contributed by atoms with E-state index in [-0.39, 0.29) is 36.2 Å². The molecule has 0 saturated carbocycles. The monoisotopic (exact) mass is 724 g/mol. The SMILES string of the molecule is CCCCCCCCC=CCCCCCCCC(=O)OC[C@@H]1C[N+](C)(C)C[C@H]1COC(=O)CCCCCCCC=CCCCCCCCC.[Cl-]. The van der Waals surface area contributed by atoms with Crippen molar-refractivity contribution in [1.82, 2.24) is 0 Å². The van der Waals surface area contributed by atoms with Crippen molar-refractivity contribution in [2.45, 2.75) is 194 Å². The van der Waals surface area contributed by atoms with Gasteiger partial charge in [0.25, 0.3) is 0 Å². The van der Waals surface area contributed by atoms with Gasteiger partial charge in [-0.3, -0.25) is 9.59 Å². The number of allylic oxidation sites excluding steroid dienone is 4. The molecule has 1 saturated heterocycles. The van der Waals surface area contributed by atoms with Crippen LogP contribution in [0.4, 0.5) is 0 Å². The van der Waals surface area contributed by atoms with Gasteiger partial charge in [0.15, 0.2) is 0 Å². The lowest BCUT2D eigenvalue weighted by Crippen LogP contribution is -3.00. The molecule has 0 aromatic rings. The number of rotatable bonds is 34. The number of likely N-dealkylation sites (tertiary alicyclic amines) is 1. The summed E-state index contributed by atoms with van der Waals surface area (Å²) in [4.78, 5) is 24.9. The zero-order valence-corrected chi connectivity index (χ0v) is 34.3. The Labute approximate surface area is 317 Å². The second-order valence-electron chi connectivity index (χ2n) is 15.9. The third kappa shape index (κ3) is 30.3. The largest absolute Gasteiger partial charge is 1.00 e. The molecule has 0 aromatic carbocycles. The fourth-order valence-corrected chi connectivity index (χ4v) is 7.24. The first-order chi connectivity index (χ1) is 23.9. The molecule has 1 heterocycles. The van der Waals surface area contributed by atoms with Crippen molar-refractivity contribution in [3.63, 3.8) is 0 Å². The number of hydrogen-bond donors (Lipinski definition) is 0. The van der Waals surface area contributed by atoms with Crippen molar-refractivity contribution in [2.75, 3.05) is 40.4 Å². The maximum atomic E-state index is 12.5. The van der Waals surface area contributed by atoms with Crippen LogP contribution in [0, 0.1) is 11.8 Å². The number of nitrogens with zero attached hydrogens (tertiary/aromatic N) is 1. The molecule has 1 fully saturated rings. The predicted octanol–water partition coefficient (Wildman–Crippen LogP) is 9.47. The molecule has 1 aliphatic rings. The summed E-state index contributed by atoms with van der Waals surface area (Å²) in [6.45, 7) is 7.35. The van der Waals surface area contributed by atoms with E-state index in [0.29, 0.717) is 26.1 Å². The molecule has 1 rings (SSSR count). The Morgan fingerprint density at radius 3 is 1.08 bits per heavy atom. The Kier molecular flexibility index (Phi) is 33.8. The number of hydrogen-bond acceptors (Lipinski definition) is 4. The Morgan fingerprint density at radius 1 is 0.480 bits per heavy atom. The van der Waals surface area contributed by atoms with Crippen LogP contribution in [-0.4, -0.2) is 56.8 Å². The third-order valence-electron chi connectivity index (χ3n) is 10.3. The van der Waals surface area contributed by atoms with Gasteiger partial charge in [0, 0.05) is 12.8 Å². The van der Waals surface area contributed by atoms with Crippen molar-refractivity contribution in [2.24, 2.45) is 11.8 Å². The van der Waals surface area contributed by atoms with Crippen molar-refractivity contribution in [3.05, 3.63) is 24.3 Å². The highest BCUT2D eigenvalue weighted by molar-refractivity contribution is 5.69. The fourth-order valence-electron chi connectivity index (χ4n) is 7.24. The third-order valence-corrected chi connectivity index (χ3v) is 10.3. The molecule has 0 bridgehead atoms. The number of quaternary nitrogens is 1. The lowest BCUT2D eigenvalue weighted by molar-refractivity contribution is -0.880. The first kappa shape index (κ1) is 48.7. The molecular weight excluding hydrogens is 642 g/mol. The van der Waals surface area contributed by atoms with Crippen LogP contribution in [0.3, 0.4) is 0 Å². The fraction of sp³-hybridized carbons (Fsp3) is 0.864. The van der Waals surface area contributed by atoms with E-state index in [9.17, 15) is 9.59 Å². The summed E-state index contributed by atoms with van der Waals surface area (Å²) in [6, 6.07) is 0. The van der Waals surface area contributed by atoms with Crippen LogP contribution >= 0.6 is 0 Å². The van der Waals surface area contributed by atoms with E-state index in [1.807, 2.05) is 0 Å². The highest BCUT2D eigenvalue weighted by Gasteiger charge is 2.41. The van der Waals surface area contributed by atoms with Gasteiger partial charge in [-0.25, -0.2) is 0 Å². The van der Waals surface area contributed by atoms with Crippen LogP contribution in [0.5, 0.6) is 0 Å². The quantitative estimate of drug-likeness (QED) is 0.0287. The summed E-state index contributed by atoms with van der Waals surface area (Å²) in [5, 5.41) is 0. The smallest absolute Gasteiger partial charge is 0.305 e. The van der Waals surface area contributed by atoms with E-state index < -0.39 is 0 Å². The van der Waals surface area contributed by atoms with Gasteiger partial charge in [-0.2, -0.15) is 0 Å². The highest BCUT2D eigenvalue weighted by Crippen LogP contribution is 2.28. The summed E-state index contributed by atoms with van der Waals surface area (Å²) in [7, 11) is 4.43. The van der Waals surface area contributed by atoms with E-state index in [1.165, 1.54) is 141 Å². The Bertz CT molecular complexity index is 776. The van der Waals surface area contributed by atoms with E-state index in [0.717, 1.165) is 43.3 Å². The Balaban J connectivity index is 0.0000240. The van der Waals surface area contributed by atoms with E-state index >= 15 is 0 Å². The molecule has 5 nitrogen and oxygen atoms in total. The summed E-state index contributed by atoms with van der Waals surface area (Å²) in [5.74, 6) is 0.353. The summed E-state index contributed by atoms with van der Waals surface area (Å²) in [6.07, 6.45) is 43.1. The Hall–Kier alpha value is -1.33. The molecule has 0 aliphatic carbocycles. The molecule has 2 atom stereocenters. The van der Waals surface area contributed by atoms with Crippen LogP contribution < -0.4 is 12.4 Å². The van der Waals surface area contributed by atoms with Crippen LogP contribution in [0.2, 0.25) is 0 Å². The molecular formula is C44H82ClNO4. The molecule has 1 aliphatic heterocycles. The number of carbonyl (C=O) groups excluding carboxylic acids is 2. The molecule has 0 unspecified atom stereocenters. The minimum Gasteiger partial charge on any atom is -1.00 e.